The Kier molecular flexibility index (Phi) is 3.73. The van der Waals surface area contributed by atoms with Gasteiger partial charge in [-0.05, 0) is 37.0 Å². The Balaban J connectivity index is 1.87. The van der Waals surface area contributed by atoms with Crippen molar-refractivity contribution >= 4 is 10.9 Å². The lowest BCUT2D eigenvalue weighted by Crippen LogP contribution is -2.45. The molecule has 2 atom stereocenters. The molecular formula is C15H19N3O. The molecule has 1 aliphatic rings. The van der Waals surface area contributed by atoms with Crippen LogP contribution in [0.4, 0.5) is 0 Å². The summed E-state index contributed by atoms with van der Waals surface area (Å²) in [6.45, 7) is 0.847. The first-order valence-electron chi connectivity index (χ1n) is 6.79. The number of hydrazine groups is 1. The number of rotatable bonds is 4. The molecule has 0 radical (unpaired) electrons. The number of ether oxygens (including phenoxy) is 1. The first kappa shape index (κ1) is 12.5. The summed E-state index contributed by atoms with van der Waals surface area (Å²) in [5.74, 6) is 5.70. The van der Waals surface area contributed by atoms with Crippen LogP contribution in [-0.4, -0.2) is 23.7 Å². The van der Waals surface area contributed by atoms with Crippen LogP contribution in [-0.2, 0) is 11.2 Å². The van der Waals surface area contributed by atoms with Crippen LogP contribution in [0.5, 0.6) is 0 Å². The molecule has 19 heavy (non-hydrogen) atoms. The first-order chi connectivity index (χ1) is 9.38. The fourth-order valence-electron chi connectivity index (χ4n) is 2.79. The van der Waals surface area contributed by atoms with Gasteiger partial charge in [0.1, 0.15) is 0 Å². The molecule has 0 saturated carbocycles. The third-order valence-corrected chi connectivity index (χ3v) is 3.81. The first-order valence-corrected chi connectivity index (χ1v) is 6.79. The van der Waals surface area contributed by atoms with Crippen LogP contribution < -0.4 is 11.3 Å². The maximum Gasteiger partial charge on any atom is 0.0745 e. The molecule has 3 rings (SSSR count). The summed E-state index contributed by atoms with van der Waals surface area (Å²) in [4.78, 5) is 4.39. The van der Waals surface area contributed by atoms with E-state index < -0.39 is 0 Å². The van der Waals surface area contributed by atoms with Gasteiger partial charge in [0.05, 0.1) is 17.7 Å². The van der Waals surface area contributed by atoms with Crippen molar-refractivity contribution in [2.24, 2.45) is 5.84 Å². The molecule has 2 heterocycles. The summed E-state index contributed by atoms with van der Waals surface area (Å²) in [5.41, 5.74) is 5.21. The van der Waals surface area contributed by atoms with E-state index in [1.165, 1.54) is 10.9 Å². The fourth-order valence-corrected chi connectivity index (χ4v) is 2.79. The summed E-state index contributed by atoms with van der Waals surface area (Å²) in [7, 11) is 0. The largest absolute Gasteiger partial charge is 0.377 e. The Morgan fingerprint density at radius 3 is 3.05 bits per heavy atom. The minimum Gasteiger partial charge on any atom is -0.377 e. The van der Waals surface area contributed by atoms with Gasteiger partial charge in [-0.3, -0.25) is 16.3 Å². The number of pyridine rings is 1. The van der Waals surface area contributed by atoms with Crippen LogP contribution in [0.2, 0.25) is 0 Å². The second-order valence-corrected chi connectivity index (χ2v) is 5.02. The molecule has 4 heteroatoms. The third kappa shape index (κ3) is 2.61. The van der Waals surface area contributed by atoms with E-state index in [-0.39, 0.29) is 12.1 Å². The highest BCUT2D eigenvalue weighted by Gasteiger charge is 2.25. The lowest BCUT2D eigenvalue weighted by molar-refractivity contribution is 0.0785. The minimum absolute atomic E-state index is 0.160. The van der Waals surface area contributed by atoms with Crippen molar-refractivity contribution in [3.8, 4) is 0 Å². The van der Waals surface area contributed by atoms with Gasteiger partial charge in [-0.25, -0.2) is 0 Å². The standard InChI is InChI=1S/C15H19N3O/c16-18-14(15-6-3-9-19-15)10-11-7-8-17-13-5-2-1-4-12(11)13/h1-2,4-5,7-8,14-15,18H,3,6,9-10,16H2. The highest BCUT2D eigenvalue weighted by molar-refractivity contribution is 5.81. The number of hydrogen-bond donors (Lipinski definition) is 2. The average Bonchev–Trinajstić information content (AvgIpc) is 2.99. The molecule has 100 valence electrons. The van der Waals surface area contributed by atoms with Crippen LogP contribution in [0.25, 0.3) is 10.9 Å². The van der Waals surface area contributed by atoms with Gasteiger partial charge < -0.3 is 4.74 Å². The van der Waals surface area contributed by atoms with Gasteiger partial charge in [-0.1, -0.05) is 18.2 Å². The Labute approximate surface area is 112 Å². The summed E-state index contributed by atoms with van der Waals surface area (Å²) in [6, 6.07) is 10.4. The van der Waals surface area contributed by atoms with Crippen LogP contribution >= 0.6 is 0 Å². The number of nitrogens with one attached hydrogen (secondary N) is 1. The summed E-state index contributed by atoms with van der Waals surface area (Å²) >= 11 is 0. The SMILES string of the molecule is NNC(Cc1ccnc2ccccc12)C1CCCO1. The smallest absolute Gasteiger partial charge is 0.0745 e. The zero-order chi connectivity index (χ0) is 13.1. The van der Waals surface area contributed by atoms with Crippen molar-refractivity contribution in [1.82, 2.24) is 10.4 Å². The molecule has 1 saturated heterocycles. The maximum atomic E-state index is 5.73. The van der Waals surface area contributed by atoms with Crippen LogP contribution in [0.1, 0.15) is 18.4 Å². The van der Waals surface area contributed by atoms with Gasteiger partial charge in [0.15, 0.2) is 0 Å². The van der Waals surface area contributed by atoms with Crippen molar-refractivity contribution in [1.29, 1.82) is 0 Å². The van der Waals surface area contributed by atoms with Crippen molar-refractivity contribution in [2.75, 3.05) is 6.61 Å². The highest BCUT2D eigenvalue weighted by Crippen LogP contribution is 2.22. The van der Waals surface area contributed by atoms with Crippen LogP contribution in [0, 0.1) is 0 Å². The molecule has 4 nitrogen and oxygen atoms in total. The van der Waals surface area contributed by atoms with Gasteiger partial charge in [0.2, 0.25) is 0 Å². The number of aromatic nitrogens is 1. The molecule has 2 aromatic rings. The van der Waals surface area contributed by atoms with Gasteiger partial charge in [0.25, 0.3) is 0 Å². The van der Waals surface area contributed by atoms with E-state index in [9.17, 15) is 0 Å². The van der Waals surface area contributed by atoms with E-state index in [0.717, 1.165) is 31.4 Å². The average molecular weight is 257 g/mol. The van der Waals surface area contributed by atoms with E-state index in [2.05, 4.69) is 22.5 Å². The zero-order valence-electron chi connectivity index (χ0n) is 10.9. The van der Waals surface area contributed by atoms with E-state index >= 15 is 0 Å². The predicted molar refractivity (Wildman–Crippen MR) is 75.5 cm³/mol. The van der Waals surface area contributed by atoms with Crippen LogP contribution in [0.15, 0.2) is 36.5 Å². The monoisotopic (exact) mass is 257 g/mol. The normalized spacial score (nSPS) is 20.8. The number of fused-ring (bicyclic) bond motifs is 1. The van der Waals surface area contributed by atoms with Crippen molar-refractivity contribution in [3.05, 3.63) is 42.1 Å². The van der Waals surface area contributed by atoms with Gasteiger partial charge in [-0.15, -0.1) is 0 Å². The zero-order valence-corrected chi connectivity index (χ0v) is 10.9. The number of para-hydroxylation sites is 1. The Hall–Kier alpha value is -1.49. The lowest BCUT2D eigenvalue weighted by atomic mass is 9.97. The van der Waals surface area contributed by atoms with Gasteiger partial charge >= 0.3 is 0 Å². The van der Waals surface area contributed by atoms with E-state index in [1.807, 2.05) is 24.4 Å². The topological polar surface area (TPSA) is 60.2 Å². The number of benzene rings is 1. The molecule has 1 aliphatic heterocycles. The summed E-state index contributed by atoms with van der Waals surface area (Å²) in [6.07, 6.45) is 5.15. The Morgan fingerprint density at radius 2 is 2.26 bits per heavy atom. The van der Waals surface area contributed by atoms with Crippen LogP contribution in [0.3, 0.4) is 0 Å². The van der Waals surface area contributed by atoms with E-state index in [1.54, 1.807) is 0 Å². The molecule has 0 aliphatic carbocycles. The minimum atomic E-state index is 0.160. The second kappa shape index (κ2) is 5.65. The summed E-state index contributed by atoms with van der Waals surface area (Å²) < 4.78 is 5.73. The summed E-state index contributed by atoms with van der Waals surface area (Å²) in [5, 5.41) is 1.20. The van der Waals surface area contributed by atoms with Gasteiger partial charge in [-0.2, -0.15) is 0 Å². The van der Waals surface area contributed by atoms with Gasteiger partial charge in [0, 0.05) is 18.2 Å². The fraction of sp³-hybridized carbons (Fsp3) is 0.400. The molecular weight excluding hydrogens is 238 g/mol. The Bertz CT molecular complexity index is 547. The quantitative estimate of drug-likeness (QED) is 0.647. The molecule has 1 aromatic carbocycles. The molecule has 1 aromatic heterocycles. The van der Waals surface area contributed by atoms with E-state index in [4.69, 9.17) is 10.6 Å². The number of nitrogens with two attached hydrogens (primary N) is 1. The molecule has 3 N–H and O–H groups in total. The van der Waals surface area contributed by atoms with Crippen molar-refractivity contribution < 1.29 is 4.74 Å². The second-order valence-electron chi connectivity index (χ2n) is 5.02. The molecule has 0 bridgehead atoms. The third-order valence-electron chi connectivity index (χ3n) is 3.81. The maximum absolute atomic E-state index is 5.73. The predicted octanol–water partition coefficient (Wildman–Crippen LogP) is 1.79. The van der Waals surface area contributed by atoms with Crippen molar-refractivity contribution in [2.45, 2.75) is 31.4 Å². The molecule has 1 fully saturated rings. The lowest BCUT2D eigenvalue weighted by Gasteiger charge is -2.22. The molecule has 0 spiro atoms. The number of hydrogen-bond acceptors (Lipinski definition) is 4. The van der Waals surface area contributed by atoms with Crippen molar-refractivity contribution in [3.63, 3.8) is 0 Å². The highest BCUT2D eigenvalue weighted by atomic mass is 16.5. The molecule has 0 amide bonds. The van der Waals surface area contributed by atoms with E-state index in [0.29, 0.717) is 0 Å². The molecule has 2 unspecified atom stereocenters. The Morgan fingerprint density at radius 1 is 1.37 bits per heavy atom. The number of nitrogens with zero attached hydrogens (tertiary/aromatic N) is 1.